The summed E-state index contributed by atoms with van der Waals surface area (Å²) in [6.45, 7) is 5.92. The number of amides is 2. The number of ether oxygens (including phenoxy) is 1. The SMILES string of the molecule is Cc1cc(NC(=O)c2c(F)c(N([C@H]3CN(C(=O)OC(C)(C)C)C[C@@H]3CO)S(=O)[O-])cn2C)ccc1F. The minimum atomic E-state index is -3.01. The highest BCUT2D eigenvalue weighted by molar-refractivity contribution is 7.80. The summed E-state index contributed by atoms with van der Waals surface area (Å²) in [5.41, 5.74) is -1.15. The van der Waals surface area contributed by atoms with Crippen molar-refractivity contribution in [2.24, 2.45) is 13.0 Å². The van der Waals surface area contributed by atoms with Gasteiger partial charge in [0.05, 0.1) is 6.04 Å². The highest BCUT2D eigenvalue weighted by atomic mass is 32.2. The highest BCUT2D eigenvalue weighted by Crippen LogP contribution is 2.33. The average Bonchev–Trinajstić information content (AvgIpc) is 3.30. The number of nitrogens with one attached hydrogen (secondary N) is 1. The Kier molecular flexibility index (Phi) is 8.06. The molecular formula is C23H29F2N4O6S-. The van der Waals surface area contributed by atoms with E-state index in [9.17, 15) is 27.8 Å². The lowest BCUT2D eigenvalue weighted by molar-refractivity contribution is 0.0283. The normalized spacial score (nSPS) is 18.8. The van der Waals surface area contributed by atoms with Crippen LogP contribution in [0.3, 0.4) is 0 Å². The molecule has 0 bridgehead atoms. The molecule has 198 valence electrons. The number of anilines is 2. The van der Waals surface area contributed by atoms with E-state index in [0.29, 0.717) is 0 Å². The first kappa shape index (κ1) is 27.6. The summed E-state index contributed by atoms with van der Waals surface area (Å²) >= 11 is -3.01. The van der Waals surface area contributed by atoms with Crippen molar-refractivity contribution in [1.29, 1.82) is 0 Å². The molecule has 1 aliphatic rings. The number of aryl methyl sites for hydroxylation is 2. The molecule has 2 aromatic rings. The van der Waals surface area contributed by atoms with Gasteiger partial charge in [-0.05, 0) is 51.5 Å². The summed E-state index contributed by atoms with van der Waals surface area (Å²) in [6.07, 6.45) is 0.448. The van der Waals surface area contributed by atoms with Gasteiger partial charge in [-0.15, -0.1) is 0 Å². The maximum Gasteiger partial charge on any atom is 0.410 e. The van der Waals surface area contributed by atoms with Gasteiger partial charge in [0.1, 0.15) is 22.8 Å². The van der Waals surface area contributed by atoms with Crippen LogP contribution in [-0.2, 0) is 23.1 Å². The van der Waals surface area contributed by atoms with E-state index in [4.69, 9.17) is 4.74 Å². The molecular weight excluding hydrogens is 498 g/mol. The number of benzene rings is 1. The van der Waals surface area contributed by atoms with Crippen LogP contribution in [0.25, 0.3) is 0 Å². The fourth-order valence-corrected chi connectivity index (χ4v) is 4.80. The Morgan fingerprint density at radius 3 is 2.53 bits per heavy atom. The van der Waals surface area contributed by atoms with E-state index >= 15 is 4.39 Å². The molecule has 1 aromatic carbocycles. The molecule has 3 rings (SSSR count). The van der Waals surface area contributed by atoms with Crippen LogP contribution in [0.2, 0.25) is 0 Å². The van der Waals surface area contributed by atoms with Crippen molar-refractivity contribution in [2.75, 3.05) is 29.3 Å². The van der Waals surface area contributed by atoms with E-state index < -0.39 is 70.5 Å². The molecule has 13 heteroatoms. The van der Waals surface area contributed by atoms with E-state index in [1.165, 1.54) is 31.0 Å². The molecule has 0 spiro atoms. The van der Waals surface area contributed by atoms with Gasteiger partial charge in [0, 0.05) is 55.8 Å². The molecule has 10 nitrogen and oxygen atoms in total. The number of nitrogens with zero attached hydrogens (tertiary/aromatic N) is 3. The van der Waals surface area contributed by atoms with Gasteiger partial charge in [-0.1, -0.05) is 0 Å². The number of likely N-dealkylation sites (tertiary alicyclic amines) is 1. The van der Waals surface area contributed by atoms with E-state index in [1.54, 1.807) is 20.8 Å². The summed E-state index contributed by atoms with van der Waals surface area (Å²) < 4.78 is 60.8. The number of hydrogen-bond donors (Lipinski definition) is 2. The van der Waals surface area contributed by atoms with Crippen LogP contribution >= 0.6 is 0 Å². The number of aliphatic hydroxyl groups excluding tert-OH is 1. The Morgan fingerprint density at radius 2 is 1.97 bits per heavy atom. The molecule has 1 aromatic heterocycles. The zero-order chi connectivity index (χ0) is 26.9. The van der Waals surface area contributed by atoms with Gasteiger partial charge in [0.25, 0.3) is 5.91 Å². The molecule has 1 fully saturated rings. The molecule has 2 heterocycles. The van der Waals surface area contributed by atoms with Gasteiger partial charge in [0.2, 0.25) is 0 Å². The molecule has 3 atom stereocenters. The minimum Gasteiger partial charge on any atom is -0.755 e. The number of carbonyl (C=O) groups excluding carboxylic acids is 2. The van der Waals surface area contributed by atoms with Crippen LogP contribution in [0.4, 0.5) is 25.0 Å². The van der Waals surface area contributed by atoms with Crippen LogP contribution in [0.1, 0.15) is 36.8 Å². The fraction of sp³-hybridized carbons (Fsp3) is 0.478. The van der Waals surface area contributed by atoms with Crippen molar-refractivity contribution in [3.8, 4) is 0 Å². The smallest absolute Gasteiger partial charge is 0.410 e. The standard InChI is InChI=1S/C23H30F2N4O6S/c1-13-8-15(6-7-16(13)24)26-21(31)20-19(25)18(10-27(20)5)29(36(33)34)17-11-28(9-14(17)12-30)22(32)35-23(2,3)4/h6-8,10,14,17,30H,9,11-12H2,1-5H3,(H,26,31)(H,33,34)/p-1/t14-,17+/m1/s1. The minimum absolute atomic E-state index is 0.00447. The van der Waals surface area contributed by atoms with E-state index in [0.717, 1.165) is 21.1 Å². The number of halogens is 2. The van der Waals surface area contributed by atoms with Crippen molar-refractivity contribution in [3.05, 3.63) is 47.3 Å². The maximum absolute atomic E-state index is 15.5. The molecule has 0 aliphatic carbocycles. The Hall–Kier alpha value is -3.03. The second kappa shape index (κ2) is 10.5. The summed E-state index contributed by atoms with van der Waals surface area (Å²) in [5, 5.41) is 12.3. The second-order valence-corrected chi connectivity index (χ2v) is 10.5. The van der Waals surface area contributed by atoms with E-state index in [-0.39, 0.29) is 24.3 Å². The van der Waals surface area contributed by atoms with Crippen molar-refractivity contribution >= 4 is 34.6 Å². The fourth-order valence-electron chi connectivity index (χ4n) is 4.05. The van der Waals surface area contributed by atoms with Gasteiger partial charge in [0.15, 0.2) is 5.82 Å². The van der Waals surface area contributed by atoms with Crippen molar-refractivity contribution in [2.45, 2.75) is 39.3 Å². The summed E-state index contributed by atoms with van der Waals surface area (Å²) in [5.74, 6) is -3.17. The van der Waals surface area contributed by atoms with Crippen molar-refractivity contribution in [1.82, 2.24) is 9.47 Å². The van der Waals surface area contributed by atoms with Gasteiger partial charge in [-0.2, -0.15) is 0 Å². The predicted octanol–water partition coefficient (Wildman–Crippen LogP) is 2.69. The second-order valence-electron chi connectivity index (χ2n) is 9.64. The zero-order valence-corrected chi connectivity index (χ0v) is 21.4. The number of rotatable bonds is 6. The van der Waals surface area contributed by atoms with Crippen LogP contribution in [0.15, 0.2) is 24.4 Å². The van der Waals surface area contributed by atoms with Gasteiger partial charge < -0.3 is 29.2 Å². The molecule has 2 amide bonds. The lowest BCUT2D eigenvalue weighted by atomic mass is 10.1. The van der Waals surface area contributed by atoms with Crippen LogP contribution in [-0.4, -0.2) is 66.7 Å². The molecule has 1 unspecified atom stereocenters. The predicted molar refractivity (Wildman–Crippen MR) is 128 cm³/mol. The largest absolute Gasteiger partial charge is 0.755 e. The third-order valence-corrected chi connectivity index (χ3v) is 6.51. The summed E-state index contributed by atoms with van der Waals surface area (Å²) in [4.78, 5) is 26.6. The lowest BCUT2D eigenvalue weighted by Gasteiger charge is -2.33. The topological polar surface area (TPSA) is 127 Å². The first-order chi connectivity index (χ1) is 16.7. The van der Waals surface area contributed by atoms with Crippen LogP contribution in [0.5, 0.6) is 0 Å². The Bertz CT molecular complexity index is 1180. The number of aliphatic hydroxyl groups is 1. The molecule has 36 heavy (non-hydrogen) atoms. The number of aromatic nitrogens is 1. The molecule has 1 saturated heterocycles. The molecule has 0 saturated carbocycles. The maximum atomic E-state index is 15.5. The molecule has 0 radical (unpaired) electrons. The molecule has 1 aliphatic heterocycles. The Balaban J connectivity index is 1.91. The monoisotopic (exact) mass is 527 g/mol. The Morgan fingerprint density at radius 1 is 1.31 bits per heavy atom. The first-order valence-electron chi connectivity index (χ1n) is 11.1. The van der Waals surface area contributed by atoms with Crippen molar-refractivity contribution in [3.63, 3.8) is 0 Å². The number of carbonyl (C=O) groups is 2. The lowest BCUT2D eigenvalue weighted by Crippen LogP contribution is -2.44. The van der Waals surface area contributed by atoms with Crippen LogP contribution in [0, 0.1) is 24.5 Å². The van der Waals surface area contributed by atoms with Gasteiger partial charge in [-0.3, -0.25) is 13.3 Å². The van der Waals surface area contributed by atoms with E-state index in [1.807, 2.05) is 0 Å². The van der Waals surface area contributed by atoms with Gasteiger partial charge in [-0.25, -0.2) is 13.6 Å². The summed E-state index contributed by atoms with van der Waals surface area (Å²) in [6, 6.07) is 2.85. The quantitative estimate of drug-likeness (QED) is 0.556. The summed E-state index contributed by atoms with van der Waals surface area (Å²) in [7, 11) is 1.37. The van der Waals surface area contributed by atoms with Crippen LogP contribution < -0.4 is 9.62 Å². The third-order valence-electron chi connectivity index (χ3n) is 5.72. The zero-order valence-electron chi connectivity index (χ0n) is 20.6. The Labute approximate surface area is 210 Å². The first-order valence-corrected chi connectivity index (χ1v) is 12.2. The van der Waals surface area contributed by atoms with E-state index in [2.05, 4.69) is 5.32 Å². The van der Waals surface area contributed by atoms with Gasteiger partial charge >= 0.3 is 6.09 Å². The third kappa shape index (κ3) is 5.85. The highest BCUT2D eigenvalue weighted by Gasteiger charge is 2.42. The number of hydrogen-bond acceptors (Lipinski definition) is 6. The average molecular weight is 528 g/mol. The molecule has 2 N–H and O–H groups in total. The van der Waals surface area contributed by atoms with Crippen molar-refractivity contribution < 1.29 is 37.0 Å².